The van der Waals surface area contributed by atoms with Gasteiger partial charge in [0.1, 0.15) is 0 Å². The third kappa shape index (κ3) is 2.94. The standard InChI is InChI=1S/C17H20ClN3O/c1-2-19-10-12-9-11(7-8-15(12)18)16-13-5-3-4-6-14(13)17(22)21-20-16/h7-9,19H,2-6,10H2,1H3,(H,21,22). The van der Waals surface area contributed by atoms with Gasteiger partial charge in [0.2, 0.25) is 0 Å². The topological polar surface area (TPSA) is 57.8 Å². The van der Waals surface area contributed by atoms with E-state index >= 15 is 0 Å². The number of rotatable bonds is 4. The molecule has 0 radical (unpaired) electrons. The molecule has 0 saturated carbocycles. The van der Waals surface area contributed by atoms with E-state index in [1.165, 1.54) is 0 Å². The zero-order chi connectivity index (χ0) is 15.5. The number of benzene rings is 1. The van der Waals surface area contributed by atoms with Gasteiger partial charge in [0.05, 0.1) is 5.69 Å². The van der Waals surface area contributed by atoms with Crippen LogP contribution in [0.15, 0.2) is 23.0 Å². The van der Waals surface area contributed by atoms with Gasteiger partial charge < -0.3 is 5.32 Å². The van der Waals surface area contributed by atoms with Crippen LogP contribution in [0.1, 0.15) is 36.5 Å². The van der Waals surface area contributed by atoms with Crippen molar-refractivity contribution >= 4 is 11.6 Å². The summed E-state index contributed by atoms with van der Waals surface area (Å²) in [7, 11) is 0. The summed E-state index contributed by atoms with van der Waals surface area (Å²) in [5.74, 6) is 0. The summed E-state index contributed by atoms with van der Waals surface area (Å²) in [6, 6.07) is 5.96. The molecular weight excluding hydrogens is 298 g/mol. The summed E-state index contributed by atoms with van der Waals surface area (Å²) in [5, 5.41) is 11.0. The maximum Gasteiger partial charge on any atom is 0.267 e. The predicted octanol–water partition coefficient (Wildman–Crippen LogP) is 3.08. The highest BCUT2D eigenvalue weighted by molar-refractivity contribution is 6.31. The van der Waals surface area contributed by atoms with Gasteiger partial charge in [0.15, 0.2) is 0 Å². The van der Waals surface area contributed by atoms with Gasteiger partial charge in [-0.2, -0.15) is 5.10 Å². The average Bonchev–Trinajstić information content (AvgIpc) is 2.55. The number of halogens is 1. The van der Waals surface area contributed by atoms with Crippen molar-refractivity contribution in [1.82, 2.24) is 15.5 Å². The van der Waals surface area contributed by atoms with E-state index in [4.69, 9.17) is 11.6 Å². The first kappa shape index (κ1) is 15.3. The van der Waals surface area contributed by atoms with Gasteiger partial charge in [-0.1, -0.05) is 24.6 Å². The number of aromatic nitrogens is 2. The Morgan fingerprint density at radius 3 is 2.82 bits per heavy atom. The van der Waals surface area contributed by atoms with Crippen LogP contribution in [0, 0.1) is 0 Å². The van der Waals surface area contributed by atoms with E-state index in [0.29, 0.717) is 0 Å². The quantitative estimate of drug-likeness (QED) is 0.911. The van der Waals surface area contributed by atoms with Crippen molar-refractivity contribution < 1.29 is 0 Å². The molecule has 2 aromatic rings. The number of H-pyrrole nitrogens is 1. The molecule has 1 aliphatic carbocycles. The van der Waals surface area contributed by atoms with Crippen molar-refractivity contribution in [2.24, 2.45) is 0 Å². The zero-order valence-corrected chi connectivity index (χ0v) is 13.5. The fraction of sp³-hybridized carbons (Fsp3) is 0.412. The molecule has 0 unspecified atom stereocenters. The van der Waals surface area contributed by atoms with Gasteiger partial charge >= 0.3 is 0 Å². The van der Waals surface area contributed by atoms with Gasteiger partial charge in [0.25, 0.3) is 5.56 Å². The van der Waals surface area contributed by atoms with Crippen LogP contribution < -0.4 is 10.9 Å². The highest BCUT2D eigenvalue weighted by Crippen LogP contribution is 2.30. The van der Waals surface area contributed by atoms with E-state index in [2.05, 4.69) is 28.5 Å². The van der Waals surface area contributed by atoms with E-state index in [1.807, 2.05) is 12.1 Å². The number of aromatic amines is 1. The Balaban J connectivity index is 2.06. The Morgan fingerprint density at radius 1 is 1.27 bits per heavy atom. The largest absolute Gasteiger partial charge is 0.313 e. The highest BCUT2D eigenvalue weighted by atomic mass is 35.5. The smallest absolute Gasteiger partial charge is 0.267 e. The highest BCUT2D eigenvalue weighted by Gasteiger charge is 2.19. The molecule has 5 heteroatoms. The summed E-state index contributed by atoms with van der Waals surface area (Å²) in [4.78, 5) is 12.0. The zero-order valence-electron chi connectivity index (χ0n) is 12.7. The fourth-order valence-electron chi connectivity index (χ4n) is 3.01. The van der Waals surface area contributed by atoms with Gasteiger partial charge in [-0.15, -0.1) is 0 Å². The van der Waals surface area contributed by atoms with E-state index < -0.39 is 0 Å². The minimum absolute atomic E-state index is 0.0414. The summed E-state index contributed by atoms with van der Waals surface area (Å²) in [5.41, 5.74) is 4.93. The summed E-state index contributed by atoms with van der Waals surface area (Å²) in [6.07, 6.45) is 3.96. The van der Waals surface area contributed by atoms with Crippen molar-refractivity contribution in [3.05, 3.63) is 50.3 Å². The van der Waals surface area contributed by atoms with Crippen LogP contribution in [0.2, 0.25) is 5.02 Å². The normalized spacial score (nSPS) is 13.9. The van der Waals surface area contributed by atoms with E-state index in [1.54, 1.807) is 0 Å². The molecule has 4 nitrogen and oxygen atoms in total. The van der Waals surface area contributed by atoms with Crippen molar-refractivity contribution in [2.45, 2.75) is 39.2 Å². The van der Waals surface area contributed by atoms with E-state index in [-0.39, 0.29) is 5.56 Å². The van der Waals surface area contributed by atoms with Gasteiger partial charge in [-0.25, -0.2) is 5.10 Å². The minimum Gasteiger partial charge on any atom is -0.313 e. The predicted molar refractivity (Wildman–Crippen MR) is 89.3 cm³/mol. The third-order valence-corrected chi connectivity index (χ3v) is 4.55. The first-order chi connectivity index (χ1) is 10.7. The monoisotopic (exact) mass is 317 g/mol. The summed E-state index contributed by atoms with van der Waals surface area (Å²) < 4.78 is 0. The second kappa shape index (κ2) is 6.63. The molecule has 0 bridgehead atoms. The Kier molecular flexibility index (Phi) is 4.60. The molecular formula is C17H20ClN3O. The van der Waals surface area contributed by atoms with Crippen LogP contribution in [0.4, 0.5) is 0 Å². The van der Waals surface area contributed by atoms with Crippen LogP contribution in [-0.4, -0.2) is 16.7 Å². The molecule has 0 fully saturated rings. The molecule has 0 atom stereocenters. The second-order valence-electron chi connectivity index (χ2n) is 5.65. The molecule has 1 aromatic carbocycles. The Morgan fingerprint density at radius 2 is 2.05 bits per heavy atom. The first-order valence-electron chi connectivity index (χ1n) is 7.80. The van der Waals surface area contributed by atoms with E-state index in [0.717, 1.165) is 71.7 Å². The number of fused-ring (bicyclic) bond motifs is 1. The van der Waals surface area contributed by atoms with Crippen LogP contribution in [0.25, 0.3) is 11.3 Å². The fourth-order valence-corrected chi connectivity index (χ4v) is 3.20. The summed E-state index contributed by atoms with van der Waals surface area (Å²) >= 11 is 6.27. The molecule has 116 valence electrons. The van der Waals surface area contributed by atoms with Crippen LogP contribution in [0.3, 0.4) is 0 Å². The lowest BCUT2D eigenvalue weighted by Gasteiger charge is -2.18. The number of hydrogen-bond donors (Lipinski definition) is 2. The number of nitrogens with zero attached hydrogens (tertiary/aromatic N) is 1. The molecule has 0 spiro atoms. The molecule has 3 rings (SSSR count). The Hall–Kier alpha value is -1.65. The lowest BCUT2D eigenvalue weighted by atomic mass is 9.89. The number of hydrogen-bond acceptors (Lipinski definition) is 3. The van der Waals surface area contributed by atoms with Gasteiger partial charge in [0, 0.05) is 22.7 Å². The maximum atomic E-state index is 12.0. The lowest BCUT2D eigenvalue weighted by Crippen LogP contribution is -2.21. The molecule has 0 saturated heterocycles. The molecule has 22 heavy (non-hydrogen) atoms. The summed E-state index contributed by atoms with van der Waals surface area (Å²) in [6.45, 7) is 3.69. The number of nitrogens with one attached hydrogen (secondary N) is 2. The van der Waals surface area contributed by atoms with Gasteiger partial charge in [-0.3, -0.25) is 4.79 Å². The second-order valence-corrected chi connectivity index (χ2v) is 6.06. The molecule has 2 N–H and O–H groups in total. The Bertz CT molecular complexity index is 739. The van der Waals surface area contributed by atoms with Crippen molar-refractivity contribution in [3.63, 3.8) is 0 Å². The molecule has 1 heterocycles. The van der Waals surface area contributed by atoms with Crippen molar-refractivity contribution in [1.29, 1.82) is 0 Å². The maximum absolute atomic E-state index is 12.0. The van der Waals surface area contributed by atoms with Crippen molar-refractivity contribution in [2.75, 3.05) is 6.54 Å². The first-order valence-corrected chi connectivity index (χ1v) is 8.18. The lowest BCUT2D eigenvalue weighted by molar-refractivity contribution is 0.669. The molecule has 0 amide bonds. The Labute approximate surface area is 134 Å². The van der Waals surface area contributed by atoms with E-state index in [9.17, 15) is 4.79 Å². The molecule has 1 aliphatic rings. The molecule has 1 aromatic heterocycles. The minimum atomic E-state index is -0.0414. The third-order valence-electron chi connectivity index (χ3n) is 4.18. The van der Waals surface area contributed by atoms with Crippen LogP contribution in [0.5, 0.6) is 0 Å². The van der Waals surface area contributed by atoms with Gasteiger partial charge in [-0.05, 0) is 55.5 Å². The molecule has 0 aliphatic heterocycles. The van der Waals surface area contributed by atoms with Crippen LogP contribution >= 0.6 is 11.6 Å². The van der Waals surface area contributed by atoms with Crippen LogP contribution in [-0.2, 0) is 19.4 Å². The SMILES string of the molecule is CCNCc1cc(-c2n[nH]c(=O)c3c2CCCC3)ccc1Cl. The average molecular weight is 318 g/mol. The van der Waals surface area contributed by atoms with Crippen molar-refractivity contribution in [3.8, 4) is 11.3 Å².